The van der Waals surface area contributed by atoms with Gasteiger partial charge in [-0.05, 0) is 17.7 Å². The summed E-state index contributed by atoms with van der Waals surface area (Å²) in [6.45, 7) is 1.18. The van der Waals surface area contributed by atoms with Crippen molar-refractivity contribution in [2.75, 3.05) is 32.7 Å². The molecule has 2 N–H and O–H groups in total. The largest absolute Gasteiger partial charge is 0.405 e. The lowest BCUT2D eigenvalue weighted by Crippen LogP contribution is -2.57. The molecule has 1 aromatic carbocycles. The second kappa shape index (κ2) is 9.45. The number of nitrogens with one attached hydrogen (secondary N) is 2. The summed E-state index contributed by atoms with van der Waals surface area (Å²) in [6.07, 6.45) is -4.39. The fourth-order valence-electron chi connectivity index (χ4n) is 3.36. The Hall–Kier alpha value is -2.03. The Bertz CT molecular complexity index is 773. The third kappa shape index (κ3) is 5.06. The molecule has 1 aliphatic rings. The van der Waals surface area contributed by atoms with Gasteiger partial charge in [-0.1, -0.05) is 30.3 Å². The molecule has 1 atom stereocenters. The van der Waals surface area contributed by atoms with Crippen LogP contribution in [0.4, 0.5) is 13.2 Å². The zero-order valence-corrected chi connectivity index (χ0v) is 16.3. The van der Waals surface area contributed by atoms with E-state index in [0.717, 1.165) is 11.3 Å². The molecule has 3 rings (SSSR count). The second-order valence-electron chi connectivity index (χ2n) is 6.58. The van der Waals surface area contributed by atoms with E-state index in [1.165, 1.54) is 4.90 Å². The molecule has 1 saturated heterocycles. The van der Waals surface area contributed by atoms with Gasteiger partial charge in [-0.2, -0.15) is 13.2 Å². The smallest absolute Gasteiger partial charge is 0.349 e. The summed E-state index contributed by atoms with van der Waals surface area (Å²) in [5.74, 6) is -0.510. The number of aromatic nitrogens is 1. The molecular formula is C19H24ClF3N4O. The zero-order chi connectivity index (χ0) is 19.4. The van der Waals surface area contributed by atoms with Gasteiger partial charge in [0.1, 0.15) is 11.7 Å². The summed E-state index contributed by atoms with van der Waals surface area (Å²) in [5, 5.41) is 5.50. The van der Waals surface area contributed by atoms with E-state index in [4.69, 9.17) is 0 Å². The lowest BCUT2D eigenvalue weighted by Gasteiger charge is -2.35. The molecule has 28 heavy (non-hydrogen) atoms. The third-order valence-corrected chi connectivity index (χ3v) is 4.85. The van der Waals surface area contributed by atoms with Gasteiger partial charge in [0.05, 0.1) is 0 Å². The third-order valence-electron chi connectivity index (χ3n) is 4.85. The number of carbonyl (C=O) groups is 1. The number of nitrogens with zero attached hydrogens (tertiary/aromatic N) is 2. The van der Waals surface area contributed by atoms with E-state index in [0.29, 0.717) is 31.9 Å². The topological polar surface area (TPSA) is 49.3 Å². The van der Waals surface area contributed by atoms with Crippen LogP contribution >= 0.6 is 12.4 Å². The Labute approximate surface area is 168 Å². The van der Waals surface area contributed by atoms with Crippen molar-refractivity contribution in [3.8, 4) is 11.3 Å². The first-order valence-electron chi connectivity index (χ1n) is 8.89. The minimum absolute atomic E-state index is 0. The SMILES string of the molecule is Cl.Cn1c(C(=O)NCC(N2CCNCC2)C(F)(F)F)ccc1-c1ccccc1. The van der Waals surface area contributed by atoms with Gasteiger partial charge in [-0.15, -0.1) is 12.4 Å². The monoisotopic (exact) mass is 416 g/mol. The molecule has 9 heteroatoms. The van der Waals surface area contributed by atoms with Crippen LogP contribution in [0.5, 0.6) is 0 Å². The van der Waals surface area contributed by atoms with Gasteiger partial charge < -0.3 is 15.2 Å². The van der Waals surface area contributed by atoms with Crippen molar-refractivity contribution in [2.24, 2.45) is 7.05 Å². The Morgan fingerprint density at radius 1 is 1.14 bits per heavy atom. The van der Waals surface area contributed by atoms with Crippen LogP contribution in [0, 0.1) is 0 Å². The number of amides is 1. The minimum atomic E-state index is -4.39. The standard InChI is InChI=1S/C19H23F3N4O.ClH/c1-25-15(14-5-3-2-4-6-14)7-8-16(25)18(27)24-13-17(19(20,21)22)26-11-9-23-10-12-26;/h2-8,17,23H,9-13H2,1H3,(H,24,27);1H. The maximum Gasteiger partial charge on any atom is 0.405 e. The van der Waals surface area contributed by atoms with E-state index in [1.54, 1.807) is 23.7 Å². The van der Waals surface area contributed by atoms with Crippen LogP contribution in [-0.4, -0.2) is 60.3 Å². The van der Waals surface area contributed by atoms with Crippen LogP contribution < -0.4 is 10.6 Å². The molecule has 2 heterocycles. The first-order valence-corrected chi connectivity index (χ1v) is 8.89. The van der Waals surface area contributed by atoms with Gasteiger partial charge >= 0.3 is 6.18 Å². The number of piperazine rings is 1. The molecule has 5 nitrogen and oxygen atoms in total. The van der Waals surface area contributed by atoms with Crippen LogP contribution in [0.1, 0.15) is 10.5 Å². The highest BCUT2D eigenvalue weighted by Crippen LogP contribution is 2.25. The quantitative estimate of drug-likeness (QED) is 0.788. The Morgan fingerprint density at radius 3 is 2.39 bits per heavy atom. The normalized spacial score (nSPS) is 16.3. The average Bonchev–Trinajstić information content (AvgIpc) is 3.04. The Kier molecular flexibility index (Phi) is 7.51. The van der Waals surface area contributed by atoms with Crippen molar-refractivity contribution in [1.29, 1.82) is 0 Å². The molecule has 0 spiro atoms. The summed E-state index contributed by atoms with van der Waals surface area (Å²) in [7, 11) is 1.73. The number of rotatable bonds is 5. The number of alkyl halides is 3. The number of benzene rings is 1. The van der Waals surface area contributed by atoms with Crippen LogP contribution in [-0.2, 0) is 7.05 Å². The number of hydrogen-bond acceptors (Lipinski definition) is 3. The summed E-state index contributed by atoms with van der Waals surface area (Å²) in [6, 6.07) is 11.3. The van der Waals surface area contributed by atoms with E-state index in [-0.39, 0.29) is 12.4 Å². The zero-order valence-electron chi connectivity index (χ0n) is 15.5. The van der Waals surface area contributed by atoms with E-state index in [9.17, 15) is 18.0 Å². The molecule has 1 aliphatic heterocycles. The van der Waals surface area contributed by atoms with Gasteiger partial charge in [0.25, 0.3) is 5.91 Å². The van der Waals surface area contributed by atoms with Crippen molar-refractivity contribution in [3.05, 3.63) is 48.2 Å². The predicted octanol–water partition coefficient (Wildman–Crippen LogP) is 2.68. The van der Waals surface area contributed by atoms with Crippen molar-refractivity contribution in [1.82, 2.24) is 20.1 Å². The maximum atomic E-state index is 13.4. The van der Waals surface area contributed by atoms with Crippen molar-refractivity contribution >= 4 is 18.3 Å². The van der Waals surface area contributed by atoms with Crippen LogP contribution in [0.3, 0.4) is 0 Å². The Balaban J connectivity index is 0.00000280. The van der Waals surface area contributed by atoms with Gasteiger partial charge in [0.15, 0.2) is 0 Å². The molecule has 0 aliphatic carbocycles. The highest BCUT2D eigenvalue weighted by atomic mass is 35.5. The molecule has 1 aromatic heterocycles. The molecular weight excluding hydrogens is 393 g/mol. The number of hydrogen-bond donors (Lipinski definition) is 2. The molecule has 2 aromatic rings. The first-order chi connectivity index (χ1) is 12.9. The number of carbonyl (C=O) groups excluding carboxylic acids is 1. The molecule has 154 valence electrons. The maximum absolute atomic E-state index is 13.4. The molecule has 0 saturated carbocycles. The summed E-state index contributed by atoms with van der Waals surface area (Å²) in [5.41, 5.74) is 2.10. The molecule has 0 radical (unpaired) electrons. The van der Waals surface area contributed by atoms with Crippen molar-refractivity contribution in [2.45, 2.75) is 12.2 Å². The summed E-state index contributed by atoms with van der Waals surface area (Å²) >= 11 is 0. The molecule has 0 bridgehead atoms. The summed E-state index contributed by atoms with van der Waals surface area (Å²) in [4.78, 5) is 13.9. The predicted molar refractivity (Wildman–Crippen MR) is 105 cm³/mol. The van der Waals surface area contributed by atoms with Gasteiger partial charge in [0, 0.05) is 45.5 Å². The average molecular weight is 417 g/mol. The highest BCUT2D eigenvalue weighted by molar-refractivity contribution is 5.93. The molecule has 1 unspecified atom stereocenters. The van der Waals surface area contributed by atoms with Gasteiger partial charge in [-0.3, -0.25) is 9.69 Å². The minimum Gasteiger partial charge on any atom is -0.349 e. The van der Waals surface area contributed by atoms with E-state index in [1.807, 2.05) is 30.3 Å². The summed E-state index contributed by atoms with van der Waals surface area (Å²) < 4.78 is 42.0. The van der Waals surface area contributed by atoms with Crippen LogP contribution in [0.2, 0.25) is 0 Å². The highest BCUT2D eigenvalue weighted by Gasteiger charge is 2.43. The van der Waals surface area contributed by atoms with Crippen LogP contribution in [0.15, 0.2) is 42.5 Å². The second-order valence-corrected chi connectivity index (χ2v) is 6.58. The molecule has 1 fully saturated rings. The lowest BCUT2D eigenvalue weighted by molar-refractivity contribution is -0.183. The van der Waals surface area contributed by atoms with Gasteiger partial charge in [0.2, 0.25) is 0 Å². The fraction of sp³-hybridized carbons (Fsp3) is 0.421. The van der Waals surface area contributed by atoms with E-state index in [2.05, 4.69) is 10.6 Å². The van der Waals surface area contributed by atoms with Crippen molar-refractivity contribution in [3.63, 3.8) is 0 Å². The Morgan fingerprint density at radius 2 is 1.79 bits per heavy atom. The molecule has 1 amide bonds. The van der Waals surface area contributed by atoms with Crippen molar-refractivity contribution < 1.29 is 18.0 Å². The lowest BCUT2D eigenvalue weighted by atomic mass is 10.2. The van der Waals surface area contributed by atoms with E-state index < -0.39 is 24.7 Å². The fourth-order valence-corrected chi connectivity index (χ4v) is 3.36. The van der Waals surface area contributed by atoms with E-state index >= 15 is 0 Å². The first kappa shape index (κ1) is 22.3. The number of halogens is 4. The van der Waals surface area contributed by atoms with Gasteiger partial charge in [-0.25, -0.2) is 0 Å². The van der Waals surface area contributed by atoms with Crippen LogP contribution in [0.25, 0.3) is 11.3 Å².